The van der Waals surface area contributed by atoms with Crippen LogP contribution in [0.15, 0.2) is 29.0 Å². The van der Waals surface area contributed by atoms with Crippen LogP contribution < -0.4 is 0 Å². The van der Waals surface area contributed by atoms with Crippen molar-refractivity contribution in [3.63, 3.8) is 0 Å². The van der Waals surface area contributed by atoms with E-state index in [9.17, 15) is 4.79 Å². The standard InChI is InChI=1S/C10H10N2O3/c1-7-4-9(15-11-7)6-12-3-2-8(5-12)10(13)14/h2-5H,6H2,1H3,(H,13,14). The Kier molecular flexibility index (Phi) is 2.29. The van der Waals surface area contributed by atoms with Gasteiger partial charge in [0.15, 0.2) is 5.76 Å². The molecular formula is C10H10N2O3. The molecule has 15 heavy (non-hydrogen) atoms. The van der Waals surface area contributed by atoms with Crippen LogP contribution in [-0.4, -0.2) is 20.8 Å². The lowest BCUT2D eigenvalue weighted by atomic mass is 10.3. The van der Waals surface area contributed by atoms with Gasteiger partial charge in [0.2, 0.25) is 0 Å². The lowest BCUT2D eigenvalue weighted by Crippen LogP contribution is -1.97. The van der Waals surface area contributed by atoms with Crippen LogP contribution in [-0.2, 0) is 6.54 Å². The second kappa shape index (κ2) is 3.61. The fourth-order valence-corrected chi connectivity index (χ4v) is 1.34. The van der Waals surface area contributed by atoms with Gasteiger partial charge in [-0.1, -0.05) is 5.16 Å². The number of aryl methyl sites for hydroxylation is 1. The predicted molar refractivity (Wildman–Crippen MR) is 51.7 cm³/mol. The highest BCUT2D eigenvalue weighted by molar-refractivity contribution is 5.87. The van der Waals surface area contributed by atoms with Crippen molar-refractivity contribution in [2.75, 3.05) is 0 Å². The zero-order valence-electron chi connectivity index (χ0n) is 8.17. The van der Waals surface area contributed by atoms with Gasteiger partial charge in [0.05, 0.1) is 17.8 Å². The Morgan fingerprint density at radius 3 is 3.00 bits per heavy atom. The first-order valence-electron chi connectivity index (χ1n) is 4.46. The number of carboxylic acid groups (broad SMARTS) is 1. The van der Waals surface area contributed by atoms with Crippen molar-refractivity contribution in [1.29, 1.82) is 0 Å². The van der Waals surface area contributed by atoms with Crippen molar-refractivity contribution in [3.05, 3.63) is 41.5 Å². The van der Waals surface area contributed by atoms with E-state index < -0.39 is 5.97 Å². The number of rotatable bonds is 3. The smallest absolute Gasteiger partial charge is 0.337 e. The molecule has 0 aliphatic heterocycles. The van der Waals surface area contributed by atoms with E-state index in [-0.39, 0.29) is 5.56 Å². The van der Waals surface area contributed by atoms with Crippen molar-refractivity contribution >= 4 is 5.97 Å². The summed E-state index contributed by atoms with van der Waals surface area (Å²) >= 11 is 0. The highest BCUT2D eigenvalue weighted by Crippen LogP contribution is 2.07. The zero-order valence-corrected chi connectivity index (χ0v) is 8.17. The summed E-state index contributed by atoms with van der Waals surface area (Å²) in [7, 11) is 0. The Hall–Kier alpha value is -2.04. The van der Waals surface area contributed by atoms with Crippen molar-refractivity contribution in [2.45, 2.75) is 13.5 Å². The summed E-state index contributed by atoms with van der Waals surface area (Å²) in [5.74, 6) is -0.220. The quantitative estimate of drug-likeness (QED) is 0.826. The van der Waals surface area contributed by atoms with Gasteiger partial charge in [-0.15, -0.1) is 0 Å². The molecule has 0 radical (unpaired) electrons. The second-order valence-electron chi connectivity index (χ2n) is 3.31. The van der Waals surface area contributed by atoms with Gasteiger partial charge in [0, 0.05) is 18.5 Å². The average molecular weight is 206 g/mol. The van der Waals surface area contributed by atoms with Crippen LogP contribution in [0.4, 0.5) is 0 Å². The number of nitrogens with zero attached hydrogens (tertiary/aromatic N) is 2. The molecule has 78 valence electrons. The predicted octanol–water partition coefficient (Wildman–Crippen LogP) is 1.53. The molecule has 0 spiro atoms. The molecule has 0 unspecified atom stereocenters. The zero-order chi connectivity index (χ0) is 10.8. The minimum Gasteiger partial charge on any atom is -0.478 e. The molecule has 5 heteroatoms. The summed E-state index contributed by atoms with van der Waals surface area (Å²) in [5.41, 5.74) is 1.09. The lowest BCUT2D eigenvalue weighted by Gasteiger charge is -1.96. The van der Waals surface area contributed by atoms with Crippen LogP contribution in [0.5, 0.6) is 0 Å². The summed E-state index contributed by atoms with van der Waals surface area (Å²) < 4.78 is 6.76. The van der Waals surface area contributed by atoms with E-state index in [4.69, 9.17) is 9.63 Å². The first kappa shape index (κ1) is 9.51. The summed E-state index contributed by atoms with van der Waals surface area (Å²) in [5, 5.41) is 12.5. The van der Waals surface area contributed by atoms with Crippen molar-refractivity contribution in [1.82, 2.24) is 9.72 Å². The molecular weight excluding hydrogens is 196 g/mol. The maximum atomic E-state index is 10.6. The van der Waals surface area contributed by atoms with E-state index in [1.54, 1.807) is 23.0 Å². The van der Waals surface area contributed by atoms with Crippen LogP contribution in [0.25, 0.3) is 0 Å². The highest BCUT2D eigenvalue weighted by atomic mass is 16.5. The molecule has 2 aromatic rings. The Labute approximate surface area is 85.9 Å². The van der Waals surface area contributed by atoms with E-state index >= 15 is 0 Å². The third kappa shape index (κ3) is 2.07. The number of hydrogen-bond donors (Lipinski definition) is 1. The monoisotopic (exact) mass is 206 g/mol. The largest absolute Gasteiger partial charge is 0.478 e. The number of carboxylic acids is 1. The van der Waals surface area contributed by atoms with Gasteiger partial charge >= 0.3 is 5.97 Å². The SMILES string of the molecule is Cc1cc(Cn2ccc(C(=O)O)c2)on1. The normalized spacial score (nSPS) is 10.5. The van der Waals surface area contributed by atoms with Crippen LogP contribution in [0.2, 0.25) is 0 Å². The minimum atomic E-state index is -0.928. The molecule has 5 nitrogen and oxygen atoms in total. The van der Waals surface area contributed by atoms with Crippen LogP contribution in [0.1, 0.15) is 21.8 Å². The lowest BCUT2D eigenvalue weighted by molar-refractivity contribution is 0.0697. The summed E-state index contributed by atoms with van der Waals surface area (Å²) in [4.78, 5) is 10.6. The van der Waals surface area contributed by atoms with Crippen molar-refractivity contribution in [3.8, 4) is 0 Å². The van der Waals surface area contributed by atoms with E-state index in [2.05, 4.69) is 5.16 Å². The molecule has 0 atom stereocenters. The van der Waals surface area contributed by atoms with Gasteiger partial charge in [-0.05, 0) is 13.0 Å². The molecule has 0 aromatic carbocycles. The van der Waals surface area contributed by atoms with E-state index in [0.29, 0.717) is 12.3 Å². The molecule has 0 saturated carbocycles. The van der Waals surface area contributed by atoms with E-state index in [1.165, 1.54) is 0 Å². The summed E-state index contributed by atoms with van der Waals surface area (Å²) in [6.07, 6.45) is 3.25. The second-order valence-corrected chi connectivity index (χ2v) is 3.31. The van der Waals surface area contributed by atoms with Crippen LogP contribution in [0.3, 0.4) is 0 Å². The van der Waals surface area contributed by atoms with E-state index in [1.807, 2.05) is 13.0 Å². The first-order valence-corrected chi connectivity index (χ1v) is 4.46. The summed E-state index contributed by atoms with van der Waals surface area (Å²) in [6.45, 7) is 2.33. The topological polar surface area (TPSA) is 68.3 Å². The summed E-state index contributed by atoms with van der Waals surface area (Å²) in [6, 6.07) is 3.37. The maximum absolute atomic E-state index is 10.6. The molecule has 0 aliphatic rings. The van der Waals surface area contributed by atoms with Gasteiger partial charge in [-0.2, -0.15) is 0 Å². The number of aromatic nitrogens is 2. The third-order valence-electron chi connectivity index (χ3n) is 2.01. The number of aromatic carboxylic acids is 1. The van der Waals surface area contributed by atoms with Gasteiger partial charge in [-0.25, -0.2) is 4.79 Å². The molecule has 2 heterocycles. The molecule has 0 fully saturated rings. The molecule has 0 aliphatic carbocycles. The Bertz CT molecular complexity index is 484. The van der Waals surface area contributed by atoms with Crippen molar-refractivity contribution in [2.24, 2.45) is 0 Å². The molecule has 0 bridgehead atoms. The minimum absolute atomic E-state index is 0.270. The van der Waals surface area contributed by atoms with Crippen LogP contribution in [0, 0.1) is 6.92 Å². The fraction of sp³-hybridized carbons (Fsp3) is 0.200. The average Bonchev–Trinajstić information content (AvgIpc) is 2.76. The fourth-order valence-electron chi connectivity index (χ4n) is 1.34. The number of carbonyl (C=O) groups is 1. The van der Waals surface area contributed by atoms with Gasteiger partial charge in [0.1, 0.15) is 0 Å². The van der Waals surface area contributed by atoms with Gasteiger partial charge < -0.3 is 14.2 Å². The highest BCUT2D eigenvalue weighted by Gasteiger charge is 2.06. The Balaban J connectivity index is 2.14. The van der Waals surface area contributed by atoms with Crippen LogP contribution >= 0.6 is 0 Å². The third-order valence-corrected chi connectivity index (χ3v) is 2.01. The molecule has 0 saturated heterocycles. The molecule has 2 rings (SSSR count). The van der Waals surface area contributed by atoms with Crippen molar-refractivity contribution < 1.29 is 14.4 Å². The number of hydrogen-bond acceptors (Lipinski definition) is 3. The van der Waals surface area contributed by atoms with Gasteiger partial charge in [-0.3, -0.25) is 0 Å². The Morgan fingerprint density at radius 2 is 2.47 bits per heavy atom. The molecule has 0 amide bonds. The molecule has 2 aromatic heterocycles. The van der Waals surface area contributed by atoms with Gasteiger partial charge in [0.25, 0.3) is 0 Å². The van der Waals surface area contributed by atoms with E-state index in [0.717, 1.165) is 5.69 Å². The molecule has 1 N–H and O–H groups in total. The first-order chi connectivity index (χ1) is 7.15. The maximum Gasteiger partial charge on any atom is 0.337 e. The Morgan fingerprint density at radius 1 is 1.67 bits per heavy atom.